The SMILES string of the molecule is N#Cc1cccc(CSCc2ccc(C(=O)O)cc2)c1. The monoisotopic (exact) mass is 283 g/mol. The molecule has 0 amide bonds. The first kappa shape index (κ1) is 14.2. The van der Waals surface area contributed by atoms with Gasteiger partial charge >= 0.3 is 5.97 Å². The van der Waals surface area contributed by atoms with Crippen LogP contribution in [0.4, 0.5) is 0 Å². The Bertz CT molecular complexity index is 644. The first-order valence-electron chi connectivity index (χ1n) is 6.08. The number of carboxylic acid groups (broad SMARTS) is 1. The molecule has 4 heteroatoms. The van der Waals surface area contributed by atoms with Gasteiger partial charge in [-0.3, -0.25) is 0 Å². The van der Waals surface area contributed by atoms with Crippen LogP contribution in [0.3, 0.4) is 0 Å². The lowest BCUT2D eigenvalue weighted by Gasteiger charge is -2.03. The average Bonchev–Trinajstić information content (AvgIpc) is 2.48. The molecule has 0 aliphatic carbocycles. The summed E-state index contributed by atoms with van der Waals surface area (Å²) < 4.78 is 0. The minimum atomic E-state index is -0.905. The van der Waals surface area contributed by atoms with E-state index in [2.05, 4.69) is 6.07 Å². The number of aromatic carboxylic acids is 1. The van der Waals surface area contributed by atoms with Crippen LogP contribution in [-0.2, 0) is 11.5 Å². The highest BCUT2D eigenvalue weighted by Gasteiger charge is 2.02. The fourth-order valence-electron chi connectivity index (χ4n) is 1.76. The summed E-state index contributed by atoms with van der Waals surface area (Å²) in [4.78, 5) is 10.7. The van der Waals surface area contributed by atoms with Gasteiger partial charge in [0.05, 0.1) is 17.2 Å². The van der Waals surface area contributed by atoms with Crippen LogP contribution in [-0.4, -0.2) is 11.1 Å². The Morgan fingerprint density at radius 1 is 1.10 bits per heavy atom. The maximum atomic E-state index is 10.7. The Morgan fingerprint density at radius 2 is 1.80 bits per heavy atom. The molecule has 2 aromatic rings. The molecule has 3 nitrogen and oxygen atoms in total. The molecule has 1 N–H and O–H groups in total. The standard InChI is InChI=1S/C16H13NO2S/c17-9-13-2-1-3-14(8-13)11-20-10-12-4-6-15(7-5-12)16(18)19/h1-8H,10-11H2,(H,18,19). The van der Waals surface area contributed by atoms with Gasteiger partial charge in [0.1, 0.15) is 0 Å². The molecule has 100 valence electrons. The van der Waals surface area contributed by atoms with E-state index in [-0.39, 0.29) is 0 Å². The van der Waals surface area contributed by atoms with Crippen molar-refractivity contribution in [3.63, 3.8) is 0 Å². The molecule has 20 heavy (non-hydrogen) atoms. The number of nitrogens with zero attached hydrogens (tertiary/aromatic N) is 1. The van der Waals surface area contributed by atoms with Crippen molar-refractivity contribution in [1.29, 1.82) is 5.26 Å². The van der Waals surface area contributed by atoms with E-state index in [4.69, 9.17) is 10.4 Å². The van der Waals surface area contributed by atoms with Gasteiger partial charge in [0.15, 0.2) is 0 Å². The zero-order chi connectivity index (χ0) is 14.4. The maximum absolute atomic E-state index is 10.7. The minimum Gasteiger partial charge on any atom is -0.478 e. The van der Waals surface area contributed by atoms with Gasteiger partial charge in [-0.25, -0.2) is 4.79 Å². The van der Waals surface area contributed by atoms with Crippen molar-refractivity contribution in [1.82, 2.24) is 0 Å². The molecule has 0 saturated carbocycles. The number of rotatable bonds is 5. The third-order valence-electron chi connectivity index (χ3n) is 2.79. The van der Waals surface area contributed by atoms with Crippen LogP contribution < -0.4 is 0 Å². The van der Waals surface area contributed by atoms with Crippen LogP contribution >= 0.6 is 11.8 Å². The highest BCUT2D eigenvalue weighted by atomic mass is 32.2. The van der Waals surface area contributed by atoms with Crippen molar-refractivity contribution in [2.45, 2.75) is 11.5 Å². The van der Waals surface area contributed by atoms with Gasteiger partial charge in [0.25, 0.3) is 0 Å². The van der Waals surface area contributed by atoms with Gasteiger partial charge in [0.2, 0.25) is 0 Å². The Hall–Kier alpha value is -2.25. The lowest BCUT2D eigenvalue weighted by atomic mass is 10.1. The summed E-state index contributed by atoms with van der Waals surface area (Å²) in [6, 6.07) is 16.6. The predicted molar refractivity (Wildman–Crippen MR) is 79.6 cm³/mol. The maximum Gasteiger partial charge on any atom is 0.335 e. The first-order valence-corrected chi connectivity index (χ1v) is 7.23. The summed E-state index contributed by atoms with van der Waals surface area (Å²) in [6.45, 7) is 0. The highest BCUT2D eigenvalue weighted by molar-refractivity contribution is 7.97. The lowest BCUT2D eigenvalue weighted by molar-refractivity contribution is 0.0697. The molecule has 0 unspecified atom stereocenters. The van der Waals surface area contributed by atoms with Gasteiger partial charge in [-0.15, -0.1) is 0 Å². The summed E-state index contributed by atoms with van der Waals surface area (Å²) in [5, 5.41) is 17.6. The quantitative estimate of drug-likeness (QED) is 0.909. The van der Waals surface area contributed by atoms with Crippen molar-refractivity contribution < 1.29 is 9.90 Å². The summed E-state index contributed by atoms with van der Waals surface area (Å²) >= 11 is 1.74. The normalized spacial score (nSPS) is 9.95. The van der Waals surface area contributed by atoms with Crippen molar-refractivity contribution in [3.8, 4) is 6.07 Å². The number of hydrogen-bond acceptors (Lipinski definition) is 3. The molecule has 0 heterocycles. The molecule has 0 atom stereocenters. The number of carbonyl (C=O) groups is 1. The summed E-state index contributed by atoms with van der Waals surface area (Å²) in [6.07, 6.45) is 0. The Morgan fingerprint density at radius 3 is 2.45 bits per heavy atom. The topological polar surface area (TPSA) is 61.1 Å². The molecule has 0 spiro atoms. The van der Waals surface area contributed by atoms with E-state index in [1.54, 1.807) is 30.0 Å². The predicted octanol–water partition coefficient (Wildman–Crippen LogP) is 3.69. The van der Waals surface area contributed by atoms with Crippen LogP contribution in [0.15, 0.2) is 48.5 Å². The second kappa shape index (κ2) is 6.78. The van der Waals surface area contributed by atoms with Crippen molar-refractivity contribution in [3.05, 3.63) is 70.8 Å². The second-order valence-corrected chi connectivity index (χ2v) is 5.29. The molecule has 2 aromatic carbocycles. The van der Waals surface area contributed by atoms with E-state index in [0.717, 1.165) is 22.6 Å². The van der Waals surface area contributed by atoms with E-state index in [1.807, 2.05) is 30.3 Å². The molecule has 2 rings (SSSR count). The van der Waals surface area contributed by atoms with Crippen molar-refractivity contribution in [2.24, 2.45) is 0 Å². The fourth-order valence-corrected chi connectivity index (χ4v) is 2.71. The summed E-state index contributed by atoms with van der Waals surface area (Å²) in [5.74, 6) is 0.741. The smallest absolute Gasteiger partial charge is 0.335 e. The first-order chi connectivity index (χ1) is 9.69. The third kappa shape index (κ3) is 3.87. The number of carboxylic acids is 1. The number of benzene rings is 2. The molecular weight excluding hydrogens is 270 g/mol. The Labute approximate surface area is 121 Å². The summed E-state index contributed by atoms with van der Waals surface area (Å²) in [7, 11) is 0. The molecular formula is C16H13NO2S. The van der Waals surface area contributed by atoms with Gasteiger partial charge < -0.3 is 5.11 Å². The number of hydrogen-bond donors (Lipinski definition) is 1. The summed E-state index contributed by atoms with van der Waals surface area (Å²) in [5.41, 5.74) is 3.20. The molecule has 0 bridgehead atoms. The van der Waals surface area contributed by atoms with Crippen LogP contribution in [0, 0.1) is 11.3 Å². The van der Waals surface area contributed by atoms with Gasteiger partial charge in [0, 0.05) is 11.5 Å². The largest absolute Gasteiger partial charge is 0.478 e. The third-order valence-corrected chi connectivity index (χ3v) is 3.87. The van der Waals surface area contributed by atoms with Crippen LogP contribution in [0.1, 0.15) is 27.0 Å². The van der Waals surface area contributed by atoms with Crippen molar-refractivity contribution >= 4 is 17.7 Å². The number of nitriles is 1. The highest BCUT2D eigenvalue weighted by Crippen LogP contribution is 2.19. The van der Waals surface area contributed by atoms with E-state index < -0.39 is 5.97 Å². The second-order valence-electron chi connectivity index (χ2n) is 4.31. The van der Waals surface area contributed by atoms with Gasteiger partial charge in [-0.2, -0.15) is 17.0 Å². The van der Waals surface area contributed by atoms with Crippen LogP contribution in [0.25, 0.3) is 0 Å². The van der Waals surface area contributed by atoms with Gasteiger partial charge in [-0.05, 0) is 35.4 Å². The van der Waals surface area contributed by atoms with E-state index in [0.29, 0.717) is 11.1 Å². The average molecular weight is 283 g/mol. The lowest BCUT2D eigenvalue weighted by Crippen LogP contribution is -1.95. The minimum absolute atomic E-state index is 0.306. The molecule has 0 aromatic heterocycles. The van der Waals surface area contributed by atoms with Crippen LogP contribution in [0.2, 0.25) is 0 Å². The zero-order valence-corrected chi connectivity index (χ0v) is 11.6. The fraction of sp³-hybridized carbons (Fsp3) is 0.125. The van der Waals surface area contributed by atoms with Gasteiger partial charge in [-0.1, -0.05) is 24.3 Å². The Kier molecular flexibility index (Phi) is 4.80. The van der Waals surface area contributed by atoms with Crippen LogP contribution in [0.5, 0.6) is 0 Å². The molecule has 0 fully saturated rings. The van der Waals surface area contributed by atoms with E-state index >= 15 is 0 Å². The Balaban J connectivity index is 1.89. The molecule has 0 aliphatic rings. The van der Waals surface area contributed by atoms with E-state index in [1.165, 1.54) is 0 Å². The number of thioether (sulfide) groups is 1. The van der Waals surface area contributed by atoms with Crippen molar-refractivity contribution in [2.75, 3.05) is 0 Å². The van der Waals surface area contributed by atoms with E-state index in [9.17, 15) is 4.79 Å². The molecule has 0 saturated heterocycles. The molecule has 0 aliphatic heterocycles. The zero-order valence-electron chi connectivity index (χ0n) is 10.7. The molecule has 0 radical (unpaired) electrons.